The molecule has 2 atom stereocenters. The summed E-state index contributed by atoms with van der Waals surface area (Å²) in [6.07, 6.45) is -7.52. The SMILES string of the molecule is C/C=C/C(=O)O[C@H](c1ccccc1)[C@](O)(c1ccccc1)c1ccc(CCCCCSCCC(F)(F)C(F)(F)C(F)(F)C(F)(F)C(F)(F)C(F)(F)C(F)(F)C(F)(F)F)cc1. The number of rotatable bonds is 21. The number of carbonyl (C=O) groups excluding carboxylic acids is 1. The van der Waals surface area contributed by atoms with Crippen molar-refractivity contribution in [3.05, 3.63) is 119 Å². The van der Waals surface area contributed by atoms with E-state index in [9.17, 15) is 84.5 Å². The Labute approximate surface area is 336 Å². The van der Waals surface area contributed by atoms with Crippen molar-refractivity contribution in [1.29, 1.82) is 0 Å². The van der Waals surface area contributed by atoms with Crippen LogP contribution in [0.5, 0.6) is 0 Å². The van der Waals surface area contributed by atoms with Gasteiger partial charge in [0.15, 0.2) is 11.7 Å². The van der Waals surface area contributed by atoms with Crippen LogP contribution in [0.4, 0.5) is 74.6 Å². The quantitative estimate of drug-likeness (QED) is 0.0501. The maximum absolute atomic E-state index is 14.2. The van der Waals surface area contributed by atoms with Crippen molar-refractivity contribution in [2.45, 2.75) is 98.4 Å². The van der Waals surface area contributed by atoms with Crippen LogP contribution in [-0.2, 0) is 21.6 Å². The highest BCUT2D eigenvalue weighted by Gasteiger charge is 2.95. The van der Waals surface area contributed by atoms with Gasteiger partial charge in [-0.15, -0.1) is 0 Å². The molecule has 3 nitrogen and oxygen atoms in total. The molecule has 0 amide bonds. The summed E-state index contributed by atoms with van der Waals surface area (Å²) in [5, 5.41) is 12.4. The smallest absolute Gasteiger partial charge is 0.450 e. The number of hydrogen-bond donors (Lipinski definition) is 1. The van der Waals surface area contributed by atoms with Gasteiger partial charge < -0.3 is 9.84 Å². The van der Waals surface area contributed by atoms with Gasteiger partial charge in [0.2, 0.25) is 0 Å². The van der Waals surface area contributed by atoms with E-state index in [4.69, 9.17) is 4.74 Å². The molecular weight excluding hydrogens is 871 g/mol. The first kappa shape index (κ1) is 50.3. The third kappa shape index (κ3) is 9.55. The Morgan fingerprint density at radius 3 is 1.57 bits per heavy atom. The second-order valence-corrected chi connectivity index (χ2v) is 14.6. The monoisotopic (exact) mass is 906 g/mol. The van der Waals surface area contributed by atoms with Crippen LogP contribution in [0.25, 0.3) is 0 Å². The first-order valence-corrected chi connectivity index (χ1v) is 18.7. The van der Waals surface area contributed by atoms with Gasteiger partial charge in [0, 0.05) is 12.5 Å². The van der Waals surface area contributed by atoms with Crippen molar-refractivity contribution in [2.75, 3.05) is 11.5 Å². The fourth-order valence-electron chi connectivity index (χ4n) is 5.77. The predicted octanol–water partition coefficient (Wildman–Crippen LogP) is 12.6. The maximum Gasteiger partial charge on any atom is 0.460 e. The fourth-order valence-corrected chi connectivity index (χ4v) is 6.78. The Morgan fingerprint density at radius 1 is 0.600 bits per heavy atom. The number of benzene rings is 3. The molecule has 0 spiro atoms. The number of ether oxygens (including phenoxy) is 1. The van der Waals surface area contributed by atoms with Crippen molar-refractivity contribution in [2.24, 2.45) is 0 Å². The molecular formula is C39H35F17O3S. The van der Waals surface area contributed by atoms with Crippen LogP contribution in [0.2, 0.25) is 0 Å². The predicted molar refractivity (Wildman–Crippen MR) is 186 cm³/mol. The molecule has 0 aromatic heterocycles. The van der Waals surface area contributed by atoms with E-state index < -0.39 is 77.5 Å². The van der Waals surface area contributed by atoms with Gasteiger partial charge in [-0.05, 0) is 59.9 Å². The Kier molecular flexibility index (Phi) is 15.6. The molecule has 0 unspecified atom stereocenters. The Balaban J connectivity index is 1.63. The lowest BCUT2D eigenvalue weighted by Gasteiger charge is -2.42. The Bertz CT molecular complexity index is 1870. The minimum absolute atomic E-state index is 0.138. The van der Waals surface area contributed by atoms with Crippen LogP contribution in [0, 0.1) is 0 Å². The summed E-state index contributed by atoms with van der Waals surface area (Å²) in [4.78, 5) is 12.7. The molecule has 0 saturated heterocycles. The molecule has 21 heteroatoms. The van der Waals surface area contributed by atoms with Gasteiger partial charge in [-0.25, -0.2) is 4.79 Å². The highest BCUT2D eigenvalue weighted by Crippen LogP contribution is 2.64. The first-order chi connectivity index (χ1) is 27.5. The number of aryl methyl sites for hydroxylation is 1. The molecule has 1 N–H and O–H groups in total. The Morgan fingerprint density at radius 2 is 1.07 bits per heavy atom. The molecule has 3 aromatic carbocycles. The zero-order valence-corrected chi connectivity index (χ0v) is 31.7. The fraction of sp³-hybridized carbons (Fsp3) is 0.462. The van der Waals surface area contributed by atoms with E-state index in [1.807, 2.05) is 0 Å². The number of thioether (sulfide) groups is 1. The Hall–Kier alpha value is -4.01. The van der Waals surface area contributed by atoms with E-state index in [0.717, 1.165) is 5.56 Å². The number of hydrogen-bond acceptors (Lipinski definition) is 4. The lowest BCUT2D eigenvalue weighted by Crippen LogP contribution is -2.74. The number of aliphatic hydroxyl groups is 1. The standard InChI is InChI=1S/C39H35F17O3S/c1-2-12-29(57)59-30(26-14-7-3-8-15-26)32(58,27-16-9-4-10-17-27)28-20-18-25(19-21-28)13-6-5-11-23-60-24-22-31(40,41)33(42,43)34(44,45)35(46,47)36(48,49)37(50,51)38(52,53)39(54,55)56/h2-4,7-10,12,14-21,30,58H,5-6,11,13,22-24H2,1H3/b12-2+/t30-,32+/m1/s1. The molecule has 0 aliphatic carbocycles. The zero-order valence-electron chi connectivity index (χ0n) is 30.9. The second-order valence-electron chi connectivity index (χ2n) is 13.4. The van der Waals surface area contributed by atoms with Gasteiger partial charge in [0.05, 0.1) is 0 Å². The second kappa shape index (κ2) is 18.5. The highest BCUT2D eigenvalue weighted by atomic mass is 32.2. The molecule has 0 heterocycles. The summed E-state index contributed by atoms with van der Waals surface area (Å²) in [5.41, 5.74) is 0.0411. The first-order valence-electron chi connectivity index (χ1n) is 17.5. The van der Waals surface area contributed by atoms with E-state index in [2.05, 4.69) is 0 Å². The molecule has 3 rings (SSSR count). The van der Waals surface area contributed by atoms with Crippen LogP contribution in [0.15, 0.2) is 97.1 Å². The van der Waals surface area contributed by atoms with Gasteiger partial charge in [0.25, 0.3) is 0 Å². The molecule has 0 fully saturated rings. The number of carbonyl (C=O) groups is 1. The van der Waals surface area contributed by atoms with Crippen LogP contribution in [-0.4, -0.2) is 70.2 Å². The molecule has 0 radical (unpaired) electrons. The van der Waals surface area contributed by atoms with Gasteiger partial charge >= 0.3 is 53.6 Å². The van der Waals surface area contributed by atoms with Gasteiger partial charge in [-0.3, -0.25) is 0 Å². The van der Waals surface area contributed by atoms with Crippen molar-refractivity contribution in [1.82, 2.24) is 0 Å². The van der Waals surface area contributed by atoms with Crippen molar-refractivity contribution < 1.29 is 89.3 Å². The molecule has 334 valence electrons. The maximum atomic E-state index is 14.2. The summed E-state index contributed by atoms with van der Waals surface area (Å²) < 4.78 is 235. The van der Waals surface area contributed by atoms with Crippen molar-refractivity contribution in [3.8, 4) is 0 Å². The van der Waals surface area contributed by atoms with E-state index in [1.54, 1.807) is 91.9 Å². The molecule has 0 aliphatic rings. The minimum atomic E-state index is -8.64. The van der Waals surface area contributed by atoms with Gasteiger partial charge in [-0.2, -0.15) is 86.4 Å². The van der Waals surface area contributed by atoms with Crippen molar-refractivity contribution >= 4 is 17.7 Å². The summed E-state index contributed by atoms with van der Waals surface area (Å²) in [6, 6.07) is 23.4. The van der Waals surface area contributed by atoms with E-state index in [1.165, 1.54) is 12.2 Å². The van der Waals surface area contributed by atoms with Crippen molar-refractivity contribution in [3.63, 3.8) is 0 Å². The summed E-state index contributed by atoms with van der Waals surface area (Å²) in [7, 11) is 0. The number of unbranched alkanes of at least 4 members (excludes halogenated alkanes) is 2. The highest BCUT2D eigenvalue weighted by molar-refractivity contribution is 7.99. The largest absolute Gasteiger partial charge is 0.460 e. The van der Waals surface area contributed by atoms with E-state index in [0.29, 0.717) is 47.7 Å². The number of halogens is 17. The summed E-state index contributed by atoms with van der Waals surface area (Å²) >= 11 is 0.381. The molecule has 0 bridgehead atoms. The van der Waals surface area contributed by atoms with Gasteiger partial charge in [0.1, 0.15) is 0 Å². The lowest BCUT2D eigenvalue weighted by atomic mass is 9.78. The molecule has 0 aliphatic heterocycles. The topological polar surface area (TPSA) is 46.5 Å². The number of allylic oxidation sites excluding steroid dienone is 1. The van der Waals surface area contributed by atoms with Crippen LogP contribution >= 0.6 is 11.8 Å². The van der Waals surface area contributed by atoms with Crippen LogP contribution < -0.4 is 0 Å². The number of esters is 1. The molecule has 60 heavy (non-hydrogen) atoms. The average molecular weight is 907 g/mol. The summed E-state index contributed by atoms with van der Waals surface area (Å²) in [5.74, 6) is -58.4. The number of alkyl halides is 17. The minimum Gasteiger partial charge on any atom is -0.450 e. The van der Waals surface area contributed by atoms with E-state index >= 15 is 0 Å². The molecule has 3 aromatic rings. The normalized spacial score (nSPS) is 15.5. The third-order valence-electron chi connectivity index (χ3n) is 9.23. The zero-order chi connectivity index (χ0) is 45.6. The van der Waals surface area contributed by atoms with Gasteiger partial charge in [-0.1, -0.05) is 97.4 Å². The molecule has 0 saturated carbocycles. The van der Waals surface area contributed by atoms with Crippen LogP contribution in [0.1, 0.15) is 61.0 Å². The lowest BCUT2D eigenvalue weighted by molar-refractivity contribution is -0.461. The summed E-state index contributed by atoms with van der Waals surface area (Å²) in [6.45, 7) is 1.61. The van der Waals surface area contributed by atoms with E-state index in [-0.39, 0.29) is 12.2 Å². The average Bonchev–Trinajstić information content (AvgIpc) is 3.17. The third-order valence-corrected chi connectivity index (χ3v) is 10.3. The van der Waals surface area contributed by atoms with Crippen LogP contribution in [0.3, 0.4) is 0 Å².